The van der Waals surface area contributed by atoms with E-state index in [1.54, 1.807) is 0 Å². The van der Waals surface area contributed by atoms with Crippen molar-refractivity contribution in [2.24, 2.45) is 34.0 Å². The number of allylic oxidation sites excluding steroid dienone is 1. The molecule has 0 heterocycles. The van der Waals surface area contributed by atoms with E-state index >= 15 is 0 Å². The van der Waals surface area contributed by atoms with Gasteiger partial charge in [0.2, 0.25) is 0 Å². The van der Waals surface area contributed by atoms with Gasteiger partial charge in [-0.25, -0.2) is 0 Å². The number of carbonyl (C=O) groups excluding carboxylic acids is 1. The summed E-state index contributed by atoms with van der Waals surface area (Å²) in [6, 6.07) is -0.172. The van der Waals surface area contributed by atoms with Crippen LogP contribution in [0.15, 0.2) is 17.3 Å². The van der Waals surface area contributed by atoms with Crippen LogP contribution in [0.1, 0.15) is 81.1 Å². The van der Waals surface area contributed by atoms with Gasteiger partial charge in [-0.15, -0.1) is 0 Å². The summed E-state index contributed by atoms with van der Waals surface area (Å²) >= 11 is -0.948. The van der Waals surface area contributed by atoms with E-state index < -0.39 is 26.0 Å². The van der Waals surface area contributed by atoms with Crippen molar-refractivity contribution in [3.05, 3.63) is 17.4 Å². The molecule has 0 bridgehead atoms. The summed E-state index contributed by atoms with van der Waals surface area (Å²) in [5, 5.41) is 20.1. The molecule has 0 saturated heterocycles. The van der Waals surface area contributed by atoms with E-state index in [0.29, 0.717) is 12.5 Å². The first-order chi connectivity index (χ1) is 15.3. The molecule has 3 unspecified atom stereocenters. The van der Waals surface area contributed by atoms with Crippen molar-refractivity contribution in [2.75, 3.05) is 13.7 Å². The molecule has 0 aliphatic heterocycles. The second kappa shape index (κ2) is 12.3. The number of carbonyl (C=O) groups is 1. The Hall–Kier alpha value is -0.710. The molecule has 194 valence electrons. The van der Waals surface area contributed by atoms with Gasteiger partial charge in [0.1, 0.15) is 0 Å². The molecule has 1 aliphatic rings. The fourth-order valence-electron chi connectivity index (χ4n) is 5.43. The summed E-state index contributed by atoms with van der Waals surface area (Å²) in [4.78, 5) is 16.9. The zero-order chi connectivity index (χ0) is 25.6. The van der Waals surface area contributed by atoms with Crippen molar-refractivity contribution in [1.29, 1.82) is 0 Å². The fourth-order valence-corrected chi connectivity index (χ4v) is 7.99. The molecule has 2 N–H and O–H groups in total. The maximum absolute atomic E-state index is 13.6. The van der Waals surface area contributed by atoms with Crippen LogP contribution < -0.4 is 26.9 Å². The molecule has 7 nitrogen and oxygen atoms in total. The minimum atomic E-state index is -0.948. The Morgan fingerprint density at radius 1 is 1.30 bits per heavy atom. The van der Waals surface area contributed by atoms with Crippen LogP contribution in [0.2, 0.25) is 0 Å². The van der Waals surface area contributed by atoms with E-state index in [-0.39, 0.29) is 36.8 Å². The Morgan fingerprint density at radius 3 is 2.30 bits per heavy atom. The van der Waals surface area contributed by atoms with Crippen molar-refractivity contribution in [2.45, 2.75) is 96.7 Å². The predicted molar refractivity (Wildman–Crippen MR) is 133 cm³/mol. The molecule has 1 rings (SSSR count). The third-order valence-corrected chi connectivity index (χ3v) is 11.8. The van der Waals surface area contributed by atoms with Crippen LogP contribution >= 0.6 is 0 Å². The van der Waals surface area contributed by atoms with E-state index in [9.17, 15) is 10.0 Å². The molecule has 0 radical (unpaired) electrons. The number of halogens is 1. The van der Waals surface area contributed by atoms with Crippen LogP contribution in [0.25, 0.3) is 0 Å². The number of amides is 1. The summed E-state index contributed by atoms with van der Waals surface area (Å²) in [6.45, 7) is 21.5. The number of nitrogens with zero attached hydrogens (tertiary/aromatic N) is 3. The average molecular weight is 580 g/mol. The van der Waals surface area contributed by atoms with Gasteiger partial charge in [-0.05, 0) is 0 Å². The van der Waals surface area contributed by atoms with Crippen LogP contribution in [-0.2, 0) is 4.84 Å². The molecule has 0 aromatic heterocycles. The third-order valence-electron chi connectivity index (χ3n) is 8.20. The van der Waals surface area contributed by atoms with E-state index in [4.69, 9.17) is 10.6 Å². The fraction of sp³-hybridized carbons (Fsp3) is 0.840. The van der Waals surface area contributed by atoms with Gasteiger partial charge in [0.25, 0.3) is 0 Å². The first kappa shape index (κ1) is 30.3. The van der Waals surface area contributed by atoms with Crippen molar-refractivity contribution >= 4 is 10.6 Å². The van der Waals surface area contributed by atoms with Gasteiger partial charge in [0.05, 0.1) is 0 Å². The quantitative estimate of drug-likeness (QED) is 0.0563. The molecule has 1 amide bonds. The van der Waals surface area contributed by atoms with Gasteiger partial charge < -0.3 is 0 Å². The van der Waals surface area contributed by atoms with Gasteiger partial charge in [0.15, 0.2) is 0 Å². The number of nitrogens with two attached hydrogens (primary N) is 1. The van der Waals surface area contributed by atoms with Crippen LogP contribution in [0.4, 0.5) is 4.79 Å². The number of hydrogen-bond donors (Lipinski definition) is 1. The van der Waals surface area contributed by atoms with Crippen LogP contribution in [0, 0.1) is 28.4 Å². The maximum atomic E-state index is 13.6. The summed E-state index contributed by atoms with van der Waals surface area (Å²) in [6.07, 6.45) is 7.77. The number of primary amides is 1. The van der Waals surface area contributed by atoms with Crippen molar-refractivity contribution < 1.29 is 35.6 Å². The Labute approximate surface area is 212 Å². The Balaban J connectivity index is 3.46. The normalized spacial score (nSPS) is 27.3. The Morgan fingerprint density at radius 2 is 1.88 bits per heavy atom. The number of quaternary nitrogens is 1. The predicted octanol–water partition coefficient (Wildman–Crippen LogP) is 2.51. The summed E-state index contributed by atoms with van der Waals surface area (Å²) in [7, 11) is 1.52. The van der Waals surface area contributed by atoms with Crippen LogP contribution in [-0.4, -0.2) is 49.7 Å². The van der Waals surface area contributed by atoms with Gasteiger partial charge >= 0.3 is 213 Å². The molecule has 6 atom stereocenters. The van der Waals surface area contributed by atoms with Crippen LogP contribution in [0.5, 0.6) is 0 Å². The van der Waals surface area contributed by atoms with Crippen molar-refractivity contribution in [1.82, 2.24) is 5.01 Å². The molecule has 33 heavy (non-hydrogen) atoms. The van der Waals surface area contributed by atoms with Gasteiger partial charge in [-0.2, -0.15) is 0 Å². The number of hydrazone groups is 1. The molecule has 8 heteroatoms. The summed E-state index contributed by atoms with van der Waals surface area (Å²) in [5.74, 6) is 0.780. The second-order valence-corrected chi connectivity index (χ2v) is 13.8. The molecule has 0 spiro atoms. The van der Waals surface area contributed by atoms with Crippen molar-refractivity contribution in [3.63, 3.8) is 0 Å². The minimum absolute atomic E-state index is 0.0169. The summed E-state index contributed by atoms with van der Waals surface area (Å²) in [5.41, 5.74) is 5.51. The number of hydroxylamine groups is 4. The van der Waals surface area contributed by atoms with E-state index in [1.807, 2.05) is 6.92 Å². The van der Waals surface area contributed by atoms with Crippen molar-refractivity contribution in [3.8, 4) is 0 Å². The SMILES string of the molecule is C=NN([C@H](C)C(C)(C)C1CC([N+]([O-])(CC)OC)[C@@H](C)C=C[C@@H](C)C1)C(CC)(CC)[I-]C(N)=O. The Bertz CT molecular complexity index is 677. The molecule has 0 aromatic carbocycles. The van der Waals surface area contributed by atoms with Gasteiger partial charge in [-0.1, -0.05) is 0 Å². The molecular formula is C25H48IN4O3-. The summed E-state index contributed by atoms with van der Waals surface area (Å²) < 4.78 is -0.580. The standard InChI is InChI=1S/C25H48IN4O3/c1-11-25(12-2,26-23(27)31)29(28-9)20(6)24(7,8)21-16-18(4)14-15-19(5)22(17-21)30(32,13-3)33-10/h14-15,18-22H,9,11-13,16-17H2,1-8,10H3,(H2,27,31)/q-1/t18-,19+,20-,21?,22?,30?/m1/s1. The van der Waals surface area contributed by atoms with Gasteiger partial charge in [-0.3, -0.25) is 0 Å². The topological polar surface area (TPSA) is 91.0 Å². The number of alkyl halides is 1. The first-order valence-corrected chi connectivity index (χ1v) is 14.5. The van der Waals surface area contributed by atoms with Gasteiger partial charge in [0, 0.05) is 0 Å². The molecule has 0 fully saturated rings. The average Bonchev–Trinajstić information content (AvgIpc) is 2.77. The molecule has 0 aromatic rings. The number of hydrogen-bond acceptors (Lipinski definition) is 5. The van der Waals surface area contributed by atoms with E-state index in [0.717, 1.165) is 25.7 Å². The zero-order valence-electron chi connectivity index (χ0n) is 22.3. The zero-order valence-corrected chi connectivity index (χ0v) is 24.5. The first-order valence-electron chi connectivity index (χ1n) is 12.3. The monoisotopic (exact) mass is 579 g/mol. The van der Waals surface area contributed by atoms with Crippen LogP contribution in [0.3, 0.4) is 0 Å². The molecule has 1 aliphatic carbocycles. The number of rotatable bonds is 12. The third kappa shape index (κ3) is 6.70. The van der Waals surface area contributed by atoms with E-state index in [1.165, 1.54) is 7.11 Å². The molecular weight excluding hydrogens is 531 g/mol. The Kier molecular flexibility index (Phi) is 11.3. The second-order valence-electron chi connectivity index (χ2n) is 10.2. The van der Waals surface area contributed by atoms with E-state index in [2.05, 4.69) is 77.4 Å². The molecule has 0 saturated carbocycles.